The number of nitrogen functional groups attached to an aromatic ring is 1. The number of carbonyl (C=O) groups excluding carboxylic acids is 1. The topological polar surface area (TPSA) is 101 Å². The van der Waals surface area contributed by atoms with Crippen LogP contribution in [0, 0.1) is 0 Å². The van der Waals surface area contributed by atoms with E-state index in [1.54, 1.807) is 12.1 Å². The van der Waals surface area contributed by atoms with Gasteiger partial charge >= 0.3 is 5.97 Å². The average Bonchev–Trinajstić information content (AvgIpc) is 2.28. The van der Waals surface area contributed by atoms with Gasteiger partial charge in [-0.25, -0.2) is 4.79 Å². The minimum absolute atomic E-state index is 0.0377. The Bertz CT molecular complexity index is 447. The van der Waals surface area contributed by atoms with Gasteiger partial charge < -0.3 is 15.9 Å². The number of nitrogens with two attached hydrogens (primary N) is 1. The first-order valence-corrected chi connectivity index (χ1v) is 5.95. The number of hydrogen-bond donors (Lipinski definition) is 3. The first kappa shape index (κ1) is 13.7. The molecule has 0 aromatic heterocycles. The van der Waals surface area contributed by atoms with Gasteiger partial charge in [-0.1, -0.05) is 28.1 Å². The second-order valence-electron chi connectivity index (χ2n) is 3.51. The molecule has 0 saturated carbocycles. The zero-order valence-corrected chi connectivity index (χ0v) is 10.5. The molecule has 0 spiro atoms. The molecular formula is C11H12BrNO4. The molecule has 1 aromatic carbocycles. The number of benzene rings is 1. The van der Waals surface area contributed by atoms with Crippen molar-refractivity contribution in [1.82, 2.24) is 0 Å². The zero-order chi connectivity index (χ0) is 13.0. The Hall–Kier alpha value is -1.40. The Balaban J connectivity index is 3.17. The number of hydrogen-bond acceptors (Lipinski definition) is 4. The summed E-state index contributed by atoms with van der Waals surface area (Å²) in [5.41, 5.74) is 6.32. The molecule has 0 aliphatic heterocycles. The molecule has 0 aliphatic carbocycles. The summed E-state index contributed by atoms with van der Waals surface area (Å²) in [6.07, 6.45) is -1.68. The molecule has 6 heteroatoms. The lowest BCUT2D eigenvalue weighted by Gasteiger charge is -2.14. The van der Waals surface area contributed by atoms with Crippen molar-refractivity contribution in [1.29, 1.82) is 0 Å². The zero-order valence-electron chi connectivity index (χ0n) is 8.89. The number of rotatable bonds is 5. The molecule has 0 heterocycles. The summed E-state index contributed by atoms with van der Waals surface area (Å²) in [6, 6.07) is 4.69. The first-order valence-electron chi connectivity index (χ1n) is 4.83. The summed E-state index contributed by atoms with van der Waals surface area (Å²) in [4.78, 5) is 22.1. The summed E-state index contributed by atoms with van der Waals surface area (Å²) < 4.78 is 0. The minimum Gasteiger partial charge on any atom is -0.479 e. The largest absolute Gasteiger partial charge is 0.479 e. The summed E-state index contributed by atoms with van der Waals surface area (Å²) in [5, 5.41) is 18.5. The normalized spacial score (nSPS) is 12.1. The average molecular weight is 302 g/mol. The van der Waals surface area contributed by atoms with E-state index >= 15 is 0 Å². The Labute approximate surface area is 106 Å². The van der Waals surface area contributed by atoms with Crippen LogP contribution in [0.4, 0.5) is 5.69 Å². The molecule has 1 rings (SSSR count). The highest BCUT2D eigenvalue weighted by Gasteiger charge is 2.22. The number of Topliss-reactive ketones (excluding diaryl/α,β-unsaturated/α-hetero) is 1. The number of halogens is 1. The maximum absolute atomic E-state index is 11.3. The van der Waals surface area contributed by atoms with E-state index in [0.29, 0.717) is 5.56 Å². The smallest absolute Gasteiger partial charge is 0.337 e. The van der Waals surface area contributed by atoms with Crippen LogP contribution >= 0.6 is 15.9 Å². The fraction of sp³-hybridized carbons (Fsp3) is 0.273. The Morgan fingerprint density at radius 1 is 1.41 bits per heavy atom. The van der Waals surface area contributed by atoms with Crippen LogP contribution in [0.2, 0.25) is 0 Å². The van der Waals surface area contributed by atoms with Gasteiger partial charge in [-0.3, -0.25) is 4.79 Å². The highest BCUT2D eigenvalue weighted by molar-refractivity contribution is 9.09. The Kier molecular flexibility index (Phi) is 4.65. The molecule has 0 amide bonds. The molecule has 0 bridgehead atoms. The molecule has 0 saturated heterocycles. The molecule has 17 heavy (non-hydrogen) atoms. The van der Waals surface area contributed by atoms with Gasteiger partial charge in [0.1, 0.15) is 5.78 Å². The standard InChI is InChI=1S/C11H12BrNO4/c12-5-7(14)4-6-2-1-3-8(13)9(6)10(15)11(16)17/h1-3,10,15H,4-5,13H2,(H,16,17). The molecule has 0 aliphatic rings. The Morgan fingerprint density at radius 3 is 2.59 bits per heavy atom. The van der Waals surface area contributed by atoms with E-state index in [0.717, 1.165) is 0 Å². The number of alkyl halides is 1. The molecule has 4 N–H and O–H groups in total. The lowest BCUT2D eigenvalue weighted by molar-refractivity contribution is -0.147. The van der Waals surface area contributed by atoms with Gasteiger partial charge in [-0.2, -0.15) is 0 Å². The maximum Gasteiger partial charge on any atom is 0.337 e. The predicted molar refractivity (Wildman–Crippen MR) is 66.0 cm³/mol. The number of carboxylic acid groups (broad SMARTS) is 1. The van der Waals surface area contributed by atoms with Crippen LogP contribution in [-0.2, 0) is 16.0 Å². The minimum atomic E-state index is -1.71. The van der Waals surface area contributed by atoms with Crippen molar-refractivity contribution in [2.75, 3.05) is 11.1 Å². The van der Waals surface area contributed by atoms with E-state index in [2.05, 4.69) is 15.9 Å². The van der Waals surface area contributed by atoms with Crippen LogP contribution in [0.1, 0.15) is 17.2 Å². The van der Waals surface area contributed by atoms with Crippen LogP contribution in [-0.4, -0.2) is 27.3 Å². The third-order valence-corrected chi connectivity index (χ3v) is 2.90. The SMILES string of the molecule is Nc1cccc(CC(=O)CBr)c1C(O)C(=O)O. The predicted octanol–water partition coefficient (Wildman–Crippen LogP) is 0.893. The van der Waals surface area contributed by atoms with Crippen molar-refractivity contribution in [3.63, 3.8) is 0 Å². The van der Waals surface area contributed by atoms with Crippen LogP contribution < -0.4 is 5.73 Å². The van der Waals surface area contributed by atoms with Crippen LogP contribution in [0.15, 0.2) is 18.2 Å². The van der Waals surface area contributed by atoms with E-state index in [9.17, 15) is 14.7 Å². The molecule has 1 aromatic rings. The molecule has 0 radical (unpaired) electrons. The monoisotopic (exact) mass is 301 g/mol. The van der Waals surface area contributed by atoms with E-state index in [4.69, 9.17) is 10.8 Å². The van der Waals surface area contributed by atoms with Gasteiger partial charge in [0.05, 0.1) is 5.33 Å². The first-order chi connectivity index (χ1) is 7.97. The van der Waals surface area contributed by atoms with E-state index in [1.165, 1.54) is 6.07 Å². The van der Waals surface area contributed by atoms with Gasteiger partial charge in [0.2, 0.25) is 0 Å². The molecule has 92 valence electrons. The third-order valence-electron chi connectivity index (χ3n) is 2.27. The molecule has 5 nitrogen and oxygen atoms in total. The fourth-order valence-corrected chi connectivity index (χ4v) is 1.70. The number of carbonyl (C=O) groups is 2. The number of carboxylic acids is 1. The van der Waals surface area contributed by atoms with Crippen molar-refractivity contribution in [3.05, 3.63) is 29.3 Å². The number of aliphatic carboxylic acids is 1. The van der Waals surface area contributed by atoms with Gasteiger partial charge in [-0.05, 0) is 11.6 Å². The third kappa shape index (κ3) is 3.28. The summed E-state index contributed by atoms with van der Waals surface area (Å²) >= 11 is 3.02. The van der Waals surface area contributed by atoms with Crippen molar-refractivity contribution in [2.45, 2.75) is 12.5 Å². The van der Waals surface area contributed by atoms with E-state index in [-0.39, 0.29) is 28.8 Å². The van der Waals surface area contributed by atoms with Gasteiger partial charge in [-0.15, -0.1) is 0 Å². The fourth-order valence-electron chi connectivity index (χ4n) is 1.50. The highest BCUT2D eigenvalue weighted by atomic mass is 79.9. The second-order valence-corrected chi connectivity index (χ2v) is 4.07. The molecule has 0 fully saturated rings. The van der Waals surface area contributed by atoms with E-state index in [1.807, 2.05) is 0 Å². The summed E-state index contributed by atoms with van der Waals surface area (Å²) in [6.45, 7) is 0. The van der Waals surface area contributed by atoms with Gasteiger partial charge in [0.25, 0.3) is 0 Å². The van der Waals surface area contributed by atoms with Crippen molar-refractivity contribution < 1.29 is 19.8 Å². The van der Waals surface area contributed by atoms with Gasteiger partial charge in [0.15, 0.2) is 6.10 Å². The van der Waals surface area contributed by atoms with Crippen molar-refractivity contribution in [2.24, 2.45) is 0 Å². The highest BCUT2D eigenvalue weighted by Crippen LogP contribution is 2.25. The lowest BCUT2D eigenvalue weighted by Crippen LogP contribution is -2.16. The summed E-state index contributed by atoms with van der Waals surface area (Å²) in [5.74, 6) is -1.51. The number of aliphatic hydroxyl groups is 1. The number of anilines is 1. The Morgan fingerprint density at radius 2 is 2.06 bits per heavy atom. The van der Waals surface area contributed by atoms with Crippen molar-refractivity contribution in [3.8, 4) is 0 Å². The van der Waals surface area contributed by atoms with E-state index < -0.39 is 12.1 Å². The summed E-state index contributed by atoms with van der Waals surface area (Å²) in [7, 11) is 0. The number of aliphatic hydroxyl groups excluding tert-OH is 1. The van der Waals surface area contributed by atoms with Crippen LogP contribution in [0.3, 0.4) is 0 Å². The van der Waals surface area contributed by atoms with Gasteiger partial charge in [0, 0.05) is 17.7 Å². The molecule has 1 unspecified atom stereocenters. The number of ketones is 1. The maximum atomic E-state index is 11.3. The quantitative estimate of drug-likeness (QED) is 0.554. The van der Waals surface area contributed by atoms with Crippen LogP contribution in [0.25, 0.3) is 0 Å². The lowest BCUT2D eigenvalue weighted by atomic mass is 9.97. The molecule has 1 atom stereocenters. The molecular weight excluding hydrogens is 290 g/mol. The van der Waals surface area contributed by atoms with Crippen molar-refractivity contribution >= 4 is 33.4 Å². The second kappa shape index (κ2) is 5.79. The van der Waals surface area contributed by atoms with Crippen LogP contribution in [0.5, 0.6) is 0 Å².